The average molecular weight is 534 g/mol. The number of hydrogen-bond acceptors (Lipinski definition) is 6. The Morgan fingerprint density at radius 1 is 1.00 bits per heavy atom. The Morgan fingerprint density at radius 2 is 1.68 bits per heavy atom. The van der Waals surface area contributed by atoms with Crippen LogP contribution in [-0.2, 0) is 17.4 Å². The SMILES string of the molecule is O=C(O)Cc1ccc(OC2CCN(C(=O)Oc3ccc(Oc4ccc(C(F)(F)F)cn4)cc3)CC2)c(F)c1. The van der Waals surface area contributed by atoms with E-state index in [0.717, 1.165) is 18.2 Å². The molecule has 0 aliphatic carbocycles. The highest BCUT2D eigenvalue weighted by molar-refractivity contribution is 5.71. The first-order valence-electron chi connectivity index (χ1n) is 11.5. The molecule has 1 amide bonds. The Morgan fingerprint density at radius 3 is 2.26 bits per heavy atom. The number of piperidine rings is 1. The number of likely N-dealkylation sites (tertiary alicyclic amines) is 1. The van der Waals surface area contributed by atoms with Crippen molar-refractivity contribution in [2.24, 2.45) is 0 Å². The van der Waals surface area contributed by atoms with Crippen molar-refractivity contribution in [2.45, 2.75) is 31.5 Å². The van der Waals surface area contributed by atoms with Crippen LogP contribution in [0.5, 0.6) is 23.1 Å². The maximum Gasteiger partial charge on any atom is 0.417 e. The molecule has 8 nitrogen and oxygen atoms in total. The van der Waals surface area contributed by atoms with Crippen molar-refractivity contribution < 1.29 is 46.5 Å². The van der Waals surface area contributed by atoms with E-state index in [1.54, 1.807) is 0 Å². The molecular weight excluding hydrogens is 512 g/mol. The zero-order chi connectivity index (χ0) is 27.3. The standard InChI is InChI=1S/C26H22F4N2O6/c27-21-13-16(14-24(33)34)1-7-22(21)36-20-9-11-32(12-10-20)25(35)38-19-5-3-18(4-6-19)37-23-8-2-17(15-31-23)26(28,29)30/h1-8,13,15,20H,9-12,14H2,(H,33,34). The number of rotatable bonds is 7. The maximum atomic E-state index is 14.3. The van der Waals surface area contributed by atoms with Crippen molar-refractivity contribution in [3.63, 3.8) is 0 Å². The number of halogens is 4. The van der Waals surface area contributed by atoms with E-state index < -0.39 is 29.6 Å². The lowest BCUT2D eigenvalue weighted by molar-refractivity contribution is -0.138. The van der Waals surface area contributed by atoms with Crippen LogP contribution in [0.15, 0.2) is 60.8 Å². The number of pyridine rings is 1. The Hall–Kier alpha value is -4.35. The molecule has 3 aromatic rings. The monoisotopic (exact) mass is 534 g/mol. The number of aromatic nitrogens is 1. The largest absolute Gasteiger partial charge is 0.487 e. The summed E-state index contributed by atoms with van der Waals surface area (Å²) in [7, 11) is 0. The smallest absolute Gasteiger partial charge is 0.417 e. The van der Waals surface area contributed by atoms with Crippen molar-refractivity contribution in [1.29, 1.82) is 0 Å². The summed E-state index contributed by atoms with van der Waals surface area (Å²) < 4.78 is 68.7. The van der Waals surface area contributed by atoms with E-state index >= 15 is 0 Å². The van der Waals surface area contributed by atoms with Crippen LogP contribution in [0.3, 0.4) is 0 Å². The summed E-state index contributed by atoms with van der Waals surface area (Å²) in [4.78, 5) is 28.4. The van der Waals surface area contributed by atoms with E-state index in [-0.39, 0.29) is 29.9 Å². The highest BCUT2D eigenvalue weighted by atomic mass is 19.4. The quantitative estimate of drug-likeness (QED) is 0.388. The van der Waals surface area contributed by atoms with Gasteiger partial charge in [0.2, 0.25) is 5.88 Å². The molecule has 38 heavy (non-hydrogen) atoms. The zero-order valence-corrected chi connectivity index (χ0v) is 19.8. The van der Waals surface area contributed by atoms with Crippen molar-refractivity contribution in [2.75, 3.05) is 13.1 Å². The van der Waals surface area contributed by atoms with E-state index in [1.807, 2.05) is 0 Å². The first-order chi connectivity index (χ1) is 18.1. The number of carbonyl (C=O) groups excluding carboxylic acids is 1. The van der Waals surface area contributed by atoms with Gasteiger partial charge in [-0.15, -0.1) is 0 Å². The molecule has 0 atom stereocenters. The number of amides is 1. The van der Waals surface area contributed by atoms with Gasteiger partial charge < -0.3 is 24.2 Å². The van der Waals surface area contributed by atoms with E-state index in [1.165, 1.54) is 41.3 Å². The molecule has 1 saturated heterocycles. The summed E-state index contributed by atoms with van der Waals surface area (Å²) in [6.45, 7) is 0.645. The number of ether oxygens (including phenoxy) is 3. The van der Waals surface area contributed by atoms with Crippen LogP contribution in [-0.4, -0.2) is 46.2 Å². The predicted octanol–water partition coefficient (Wildman–Crippen LogP) is 5.70. The molecule has 1 N–H and O–H groups in total. The summed E-state index contributed by atoms with van der Waals surface area (Å²) in [5, 5.41) is 8.81. The fraction of sp³-hybridized carbons (Fsp3) is 0.269. The number of alkyl halides is 3. The van der Waals surface area contributed by atoms with Gasteiger partial charge in [0, 0.05) is 38.2 Å². The van der Waals surface area contributed by atoms with Crippen LogP contribution < -0.4 is 14.2 Å². The van der Waals surface area contributed by atoms with Gasteiger partial charge in [-0.3, -0.25) is 4.79 Å². The van der Waals surface area contributed by atoms with Crippen molar-refractivity contribution in [3.8, 4) is 23.1 Å². The van der Waals surface area contributed by atoms with Crippen LogP contribution >= 0.6 is 0 Å². The van der Waals surface area contributed by atoms with Gasteiger partial charge in [-0.25, -0.2) is 14.2 Å². The van der Waals surface area contributed by atoms with Crippen molar-refractivity contribution in [3.05, 3.63) is 77.7 Å². The summed E-state index contributed by atoms with van der Waals surface area (Å²) >= 11 is 0. The van der Waals surface area contributed by atoms with Crippen LogP contribution in [0, 0.1) is 5.82 Å². The fourth-order valence-electron chi connectivity index (χ4n) is 3.73. The van der Waals surface area contributed by atoms with Gasteiger partial charge in [0.15, 0.2) is 11.6 Å². The van der Waals surface area contributed by atoms with Crippen LogP contribution in [0.2, 0.25) is 0 Å². The van der Waals surface area contributed by atoms with Crippen LogP contribution in [0.25, 0.3) is 0 Å². The number of hydrogen-bond donors (Lipinski definition) is 1. The van der Waals surface area contributed by atoms with Gasteiger partial charge in [0.05, 0.1) is 12.0 Å². The molecule has 1 aliphatic rings. The van der Waals surface area contributed by atoms with Gasteiger partial charge >= 0.3 is 18.2 Å². The fourth-order valence-corrected chi connectivity index (χ4v) is 3.73. The van der Waals surface area contributed by atoms with Gasteiger partial charge in [-0.2, -0.15) is 13.2 Å². The zero-order valence-electron chi connectivity index (χ0n) is 19.8. The van der Waals surface area contributed by atoms with Gasteiger partial charge in [0.1, 0.15) is 17.6 Å². The third-order valence-electron chi connectivity index (χ3n) is 5.66. The Balaban J connectivity index is 1.24. The Bertz CT molecular complexity index is 1270. The third-order valence-corrected chi connectivity index (χ3v) is 5.66. The van der Waals surface area contributed by atoms with E-state index in [2.05, 4.69) is 4.98 Å². The Kier molecular flexibility index (Phi) is 7.99. The highest BCUT2D eigenvalue weighted by Gasteiger charge is 2.31. The molecule has 1 fully saturated rings. The first-order valence-corrected chi connectivity index (χ1v) is 11.5. The first kappa shape index (κ1) is 26.7. The van der Waals surface area contributed by atoms with Crippen molar-refractivity contribution in [1.82, 2.24) is 9.88 Å². The minimum Gasteiger partial charge on any atom is -0.487 e. The normalized spacial score (nSPS) is 14.2. The average Bonchev–Trinajstić information content (AvgIpc) is 2.87. The number of aliphatic carboxylic acids is 1. The molecule has 0 unspecified atom stereocenters. The molecule has 0 bridgehead atoms. The number of benzene rings is 2. The topological polar surface area (TPSA) is 98.2 Å². The number of carbonyl (C=O) groups is 2. The van der Waals surface area contributed by atoms with Crippen molar-refractivity contribution >= 4 is 12.1 Å². The molecule has 12 heteroatoms. The molecule has 2 aromatic carbocycles. The number of carboxylic acids is 1. The molecule has 0 radical (unpaired) electrons. The molecular formula is C26H22F4N2O6. The molecule has 1 aromatic heterocycles. The minimum absolute atomic E-state index is 0.0222. The number of carboxylic acid groups (broad SMARTS) is 1. The lowest BCUT2D eigenvalue weighted by Gasteiger charge is -2.31. The second-order valence-electron chi connectivity index (χ2n) is 8.46. The lowest BCUT2D eigenvalue weighted by atomic mass is 10.1. The minimum atomic E-state index is -4.49. The number of nitrogens with zero attached hydrogens (tertiary/aromatic N) is 2. The molecule has 0 spiro atoms. The van der Waals surface area contributed by atoms with E-state index in [0.29, 0.717) is 43.4 Å². The molecule has 2 heterocycles. The highest BCUT2D eigenvalue weighted by Crippen LogP contribution is 2.30. The molecule has 4 rings (SSSR count). The molecule has 0 saturated carbocycles. The lowest BCUT2D eigenvalue weighted by Crippen LogP contribution is -2.43. The van der Waals surface area contributed by atoms with Gasteiger partial charge in [0.25, 0.3) is 0 Å². The summed E-state index contributed by atoms with van der Waals surface area (Å²) in [6, 6.07) is 11.9. The third kappa shape index (κ3) is 7.11. The van der Waals surface area contributed by atoms with E-state index in [4.69, 9.17) is 19.3 Å². The summed E-state index contributed by atoms with van der Waals surface area (Å²) in [6.07, 6.45) is -4.12. The second kappa shape index (κ2) is 11.4. The summed E-state index contributed by atoms with van der Waals surface area (Å²) in [5.41, 5.74) is -0.558. The van der Waals surface area contributed by atoms with Crippen LogP contribution in [0.1, 0.15) is 24.0 Å². The van der Waals surface area contributed by atoms with Gasteiger partial charge in [-0.05, 0) is 48.0 Å². The van der Waals surface area contributed by atoms with Gasteiger partial charge in [-0.1, -0.05) is 6.07 Å². The predicted molar refractivity (Wildman–Crippen MR) is 125 cm³/mol. The summed E-state index contributed by atoms with van der Waals surface area (Å²) in [5.74, 6) is -1.18. The molecule has 1 aliphatic heterocycles. The molecule has 200 valence electrons. The van der Waals surface area contributed by atoms with Crippen LogP contribution in [0.4, 0.5) is 22.4 Å². The maximum absolute atomic E-state index is 14.3. The second-order valence-corrected chi connectivity index (χ2v) is 8.46. The Labute approximate surface area is 214 Å². The van der Waals surface area contributed by atoms with E-state index in [9.17, 15) is 27.2 Å².